The van der Waals surface area contributed by atoms with Crippen molar-refractivity contribution < 1.29 is 18.3 Å². The Morgan fingerprint density at radius 2 is 1.83 bits per heavy atom. The van der Waals surface area contributed by atoms with Crippen LogP contribution in [-0.4, -0.2) is 43.5 Å². The Kier molecular flexibility index (Phi) is 7.71. The molecule has 18 heavy (non-hydrogen) atoms. The van der Waals surface area contributed by atoms with E-state index in [-0.39, 0.29) is 5.75 Å². The number of para-hydroxylation sites is 1. The van der Waals surface area contributed by atoms with Gasteiger partial charge in [-0.15, -0.1) is 0 Å². The van der Waals surface area contributed by atoms with Crippen molar-refractivity contribution in [2.24, 2.45) is 0 Å². The lowest BCUT2D eigenvalue weighted by molar-refractivity contribution is -0.0498. The van der Waals surface area contributed by atoms with Crippen molar-refractivity contribution in [1.29, 1.82) is 0 Å². The molecule has 2 rings (SSSR count). The predicted molar refractivity (Wildman–Crippen MR) is 69.0 cm³/mol. The summed E-state index contributed by atoms with van der Waals surface area (Å²) >= 11 is 1.80. The predicted octanol–water partition coefficient (Wildman–Crippen LogP) is 2.88. The summed E-state index contributed by atoms with van der Waals surface area (Å²) in [5, 5.41) is 0. The second kappa shape index (κ2) is 9.13. The molecule has 1 aromatic carbocycles. The van der Waals surface area contributed by atoms with Gasteiger partial charge in [-0.3, -0.25) is 0 Å². The first-order chi connectivity index (χ1) is 8.72. The number of nitrogens with zero attached hydrogens (tertiary/aromatic N) is 1. The molecule has 3 nitrogen and oxygen atoms in total. The maximum atomic E-state index is 11.5. The number of ether oxygens (including phenoxy) is 2. The third kappa shape index (κ3) is 6.78. The van der Waals surface area contributed by atoms with Crippen molar-refractivity contribution in [3.05, 3.63) is 30.3 Å². The molecule has 0 unspecified atom stereocenters. The molecule has 1 aromatic rings. The fourth-order valence-corrected chi connectivity index (χ4v) is 1.85. The van der Waals surface area contributed by atoms with E-state index < -0.39 is 6.61 Å². The lowest BCUT2D eigenvalue weighted by Gasteiger charge is -2.23. The number of morpholine rings is 1. The highest BCUT2D eigenvalue weighted by molar-refractivity contribution is 7.96. The van der Waals surface area contributed by atoms with Gasteiger partial charge in [0.15, 0.2) is 0 Å². The van der Waals surface area contributed by atoms with Gasteiger partial charge in [-0.1, -0.05) is 30.1 Å². The molecule has 0 radical (unpaired) electrons. The summed E-state index contributed by atoms with van der Waals surface area (Å²) in [6.07, 6.45) is 2.10. The largest absolute Gasteiger partial charge is 0.435 e. The maximum Gasteiger partial charge on any atom is 0.387 e. The molecular formula is C12H17F2NO2S. The Bertz CT molecular complexity index is 308. The van der Waals surface area contributed by atoms with E-state index in [4.69, 9.17) is 4.74 Å². The van der Waals surface area contributed by atoms with Crippen LogP contribution in [0.3, 0.4) is 0 Å². The minimum atomic E-state index is -2.73. The van der Waals surface area contributed by atoms with E-state index in [1.54, 1.807) is 30.1 Å². The summed E-state index contributed by atoms with van der Waals surface area (Å²) in [6.45, 7) is 1.24. The molecule has 0 spiro atoms. The minimum absolute atomic E-state index is 0.192. The standard InChI is InChI=1S/C7H6F2O.C5H11NOS/c8-7(9)10-6-4-2-1-3-5-6;1-8-6-2-4-7-5-3-6/h1-5,7H;2-5H2,1H3. The monoisotopic (exact) mass is 277 g/mol. The Labute approximate surface area is 110 Å². The SMILES string of the molecule is CSN1CCOCC1.FC(F)Oc1ccccc1. The highest BCUT2D eigenvalue weighted by Crippen LogP contribution is 2.11. The molecule has 0 bridgehead atoms. The quantitative estimate of drug-likeness (QED) is 0.792. The third-order valence-electron chi connectivity index (χ3n) is 2.20. The highest BCUT2D eigenvalue weighted by Gasteiger charge is 2.06. The molecule has 0 aromatic heterocycles. The third-order valence-corrected chi connectivity index (χ3v) is 3.08. The van der Waals surface area contributed by atoms with E-state index in [0.717, 1.165) is 26.3 Å². The van der Waals surface area contributed by atoms with Gasteiger partial charge in [-0.2, -0.15) is 8.78 Å². The van der Waals surface area contributed by atoms with Crippen LogP contribution in [0.1, 0.15) is 0 Å². The van der Waals surface area contributed by atoms with E-state index in [1.165, 1.54) is 12.1 Å². The van der Waals surface area contributed by atoms with Gasteiger partial charge in [0.05, 0.1) is 13.2 Å². The van der Waals surface area contributed by atoms with Crippen LogP contribution in [0, 0.1) is 0 Å². The molecule has 1 heterocycles. The maximum absolute atomic E-state index is 11.5. The summed E-state index contributed by atoms with van der Waals surface area (Å²) in [5.74, 6) is 0.192. The van der Waals surface area contributed by atoms with E-state index in [9.17, 15) is 8.78 Å². The van der Waals surface area contributed by atoms with E-state index in [0.29, 0.717) is 0 Å². The van der Waals surface area contributed by atoms with Gasteiger partial charge in [0.25, 0.3) is 0 Å². The van der Waals surface area contributed by atoms with Crippen molar-refractivity contribution >= 4 is 11.9 Å². The second-order valence-corrected chi connectivity index (χ2v) is 4.30. The summed E-state index contributed by atoms with van der Waals surface area (Å²) in [7, 11) is 0. The first-order valence-corrected chi connectivity index (χ1v) is 6.77. The Balaban J connectivity index is 0.000000184. The number of halogens is 2. The van der Waals surface area contributed by atoms with E-state index >= 15 is 0 Å². The molecule has 0 aliphatic carbocycles. The van der Waals surface area contributed by atoms with Crippen molar-refractivity contribution in [1.82, 2.24) is 4.31 Å². The molecule has 102 valence electrons. The van der Waals surface area contributed by atoms with Crippen molar-refractivity contribution in [2.45, 2.75) is 6.61 Å². The Hall–Kier alpha value is -0.850. The number of benzene rings is 1. The Morgan fingerprint density at radius 1 is 1.22 bits per heavy atom. The van der Waals surface area contributed by atoms with Crippen LogP contribution in [0.4, 0.5) is 8.78 Å². The molecule has 6 heteroatoms. The molecule has 1 aliphatic heterocycles. The molecule has 1 aliphatic rings. The van der Waals surface area contributed by atoms with Gasteiger partial charge in [0.1, 0.15) is 5.75 Å². The van der Waals surface area contributed by atoms with Crippen LogP contribution >= 0.6 is 11.9 Å². The Morgan fingerprint density at radius 3 is 2.28 bits per heavy atom. The van der Waals surface area contributed by atoms with Gasteiger partial charge in [-0.25, -0.2) is 4.31 Å². The van der Waals surface area contributed by atoms with Crippen molar-refractivity contribution in [3.63, 3.8) is 0 Å². The smallest absolute Gasteiger partial charge is 0.387 e. The first-order valence-electron chi connectivity index (χ1n) is 5.59. The molecule has 1 fully saturated rings. The minimum Gasteiger partial charge on any atom is -0.435 e. The second-order valence-electron chi connectivity index (χ2n) is 3.42. The van der Waals surface area contributed by atoms with Crippen LogP contribution in [0.25, 0.3) is 0 Å². The molecule has 0 atom stereocenters. The van der Waals surface area contributed by atoms with Gasteiger partial charge >= 0.3 is 6.61 Å². The lowest BCUT2D eigenvalue weighted by Crippen LogP contribution is -2.30. The van der Waals surface area contributed by atoms with E-state index in [1.807, 2.05) is 0 Å². The van der Waals surface area contributed by atoms with Crippen LogP contribution in [0.2, 0.25) is 0 Å². The fraction of sp³-hybridized carbons (Fsp3) is 0.500. The number of rotatable bonds is 3. The number of hydrogen-bond donors (Lipinski definition) is 0. The molecule has 1 saturated heterocycles. The normalized spacial score (nSPS) is 16.0. The summed E-state index contributed by atoms with van der Waals surface area (Å²) < 4.78 is 34.5. The lowest BCUT2D eigenvalue weighted by atomic mass is 10.3. The summed E-state index contributed by atoms with van der Waals surface area (Å²) in [4.78, 5) is 0. The summed E-state index contributed by atoms with van der Waals surface area (Å²) in [6, 6.07) is 7.96. The average molecular weight is 277 g/mol. The average Bonchev–Trinajstić information content (AvgIpc) is 2.41. The van der Waals surface area contributed by atoms with Crippen LogP contribution < -0.4 is 4.74 Å². The van der Waals surface area contributed by atoms with Gasteiger partial charge < -0.3 is 9.47 Å². The van der Waals surface area contributed by atoms with Gasteiger partial charge in [-0.05, 0) is 18.4 Å². The van der Waals surface area contributed by atoms with Gasteiger partial charge in [0, 0.05) is 13.1 Å². The topological polar surface area (TPSA) is 21.7 Å². The highest BCUT2D eigenvalue weighted by atomic mass is 32.2. The van der Waals surface area contributed by atoms with Crippen molar-refractivity contribution in [2.75, 3.05) is 32.6 Å². The van der Waals surface area contributed by atoms with Crippen LogP contribution in [-0.2, 0) is 4.74 Å². The molecule has 0 saturated carbocycles. The van der Waals surface area contributed by atoms with Crippen molar-refractivity contribution in [3.8, 4) is 5.75 Å². The molecular weight excluding hydrogens is 260 g/mol. The van der Waals surface area contributed by atoms with Crippen LogP contribution in [0.5, 0.6) is 5.75 Å². The fourth-order valence-electron chi connectivity index (χ4n) is 1.33. The zero-order valence-corrected chi connectivity index (χ0v) is 11.0. The zero-order chi connectivity index (χ0) is 13.2. The molecule has 0 amide bonds. The zero-order valence-electron chi connectivity index (χ0n) is 10.2. The number of alkyl halides is 2. The van der Waals surface area contributed by atoms with Crippen LogP contribution in [0.15, 0.2) is 30.3 Å². The summed E-state index contributed by atoms with van der Waals surface area (Å²) in [5.41, 5.74) is 0. The number of hydrogen-bond acceptors (Lipinski definition) is 4. The van der Waals surface area contributed by atoms with Gasteiger partial charge in [0.2, 0.25) is 0 Å². The molecule has 0 N–H and O–H groups in total. The van der Waals surface area contributed by atoms with E-state index in [2.05, 4.69) is 15.3 Å². The first kappa shape index (κ1) is 15.2.